The summed E-state index contributed by atoms with van der Waals surface area (Å²) in [7, 11) is -3.42. The van der Waals surface area contributed by atoms with Crippen LogP contribution in [0.25, 0.3) is 0 Å². The Morgan fingerprint density at radius 1 is 1.28 bits per heavy atom. The lowest BCUT2D eigenvalue weighted by atomic mass is 10.1. The molecule has 0 spiro atoms. The normalized spacial score (nSPS) is 14.2. The van der Waals surface area contributed by atoms with Crippen molar-refractivity contribution < 1.29 is 8.42 Å². The predicted molar refractivity (Wildman–Crippen MR) is 68.5 cm³/mol. The predicted octanol–water partition coefficient (Wildman–Crippen LogP) is 1.76. The first-order valence-corrected chi connectivity index (χ1v) is 7.60. The summed E-state index contributed by atoms with van der Waals surface area (Å²) >= 11 is 0. The zero-order chi connectivity index (χ0) is 13.0. The molecule has 0 aliphatic heterocycles. The van der Waals surface area contributed by atoms with E-state index in [2.05, 4.69) is 4.72 Å². The molecule has 0 fully saturated rings. The zero-order valence-electron chi connectivity index (χ0n) is 10.1. The van der Waals surface area contributed by atoms with Gasteiger partial charge in [-0.2, -0.15) is 5.26 Å². The third kappa shape index (κ3) is 2.89. The Morgan fingerprint density at radius 2 is 2.06 bits per heavy atom. The number of hydrogen-bond donors (Lipinski definition) is 1. The molecule has 1 aromatic rings. The third-order valence-corrected chi connectivity index (χ3v) is 4.60. The highest BCUT2D eigenvalue weighted by Gasteiger charge is 2.17. The van der Waals surface area contributed by atoms with Crippen LogP contribution >= 0.6 is 0 Å². The van der Waals surface area contributed by atoms with Gasteiger partial charge in [-0.25, -0.2) is 13.1 Å². The Balaban J connectivity index is 2.08. The van der Waals surface area contributed by atoms with E-state index >= 15 is 0 Å². The lowest BCUT2D eigenvalue weighted by Crippen LogP contribution is -2.24. The second-order valence-corrected chi connectivity index (χ2v) is 6.21. The highest BCUT2D eigenvalue weighted by atomic mass is 32.2. The van der Waals surface area contributed by atoms with E-state index in [1.807, 2.05) is 12.1 Å². The van der Waals surface area contributed by atoms with Crippen LogP contribution in [0.3, 0.4) is 0 Å². The molecule has 0 saturated carbocycles. The summed E-state index contributed by atoms with van der Waals surface area (Å²) < 4.78 is 26.5. The van der Waals surface area contributed by atoms with E-state index in [1.54, 1.807) is 12.1 Å². The van der Waals surface area contributed by atoms with E-state index in [0.717, 1.165) is 24.8 Å². The van der Waals surface area contributed by atoms with Gasteiger partial charge in [0.2, 0.25) is 10.0 Å². The standard InChI is InChI=1S/C13H16N2O2S/c14-8-1-2-9-15-18(16,17)13-7-6-11-4-3-5-12(11)10-13/h6-7,10,15H,1-5,9H2. The SMILES string of the molecule is N#CCCCNS(=O)(=O)c1ccc2c(c1)CCC2. The van der Waals surface area contributed by atoms with Gasteiger partial charge in [0.1, 0.15) is 0 Å². The molecule has 0 unspecified atom stereocenters. The maximum Gasteiger partial charge on any atom is 0.240 e. The summed E-state index contributed by atoms with van der Waals surface area (Å²) in [6, 6.07) is 7.34. The first-order chi connectivity index (χ1) is 8.63. The Labute approximate surface area is 108 Å². The summed E-state index contributed by atoms with van der Waals surface area (Å²) in [6.45, 7) is 0.312. The van der Waals surface area contributed by atoms with Crippen molar-refractivity contribution in [1.82, 2.24) is 4.72 Å². The number of nitrogens with one attached hydrogen (secondary N) is 1. The molecule has 1 aliphatic carbocycles. The minimum atomic E-state index is -3.42. The van der Waals surface area contributed by atoms with Crippen molar-refractivity contribution in [2.24, 2.45) is 0 Å². The number of hydrogen-bond acceptors (Lipinski definition) is 3. The molecule has 0 bridgehead atoms. The van der Waals surface area contributed by atoms with E-state index in [-0.39, 0.29) is 0 Å². The van der Waals surface area contributed by atoms with Gasteiger partial charge in [0.15, 0.2) is 0 Å². The van der Waals surface area contributed by atoms with Crippen LogP contribution < -0.4 is 4.72 Å². The van der Waals surface area contributed by atoms with Crippen molar-refractivity contribution in [3.63, 3.8) is 0 Å². The maximum absolute atomic E-state index is 12.0. The van der Waals surface area contributed by atoms with Gasteiger partial charge >= 0.3 is 0 Å². The van der Waals surface area contributed by atoms with Gasteiger partial charge in [-0.3, -0.25) is 0 Å². The molecule has 5 heteroatoms. The summed E-state index contributed by atoms with van der Waals surface area (Å²) in [6.07, 6.45) is 4.03. The summed E-state index contributed by atoms with van der Waals surface area (Å²) in [4.78, 5) is 0.333. The molecular weight excluding hydrogens is 248 g/mol. The average molecular weight is 264 g/mol. The fourth-order valence-electron chi connectivity index (χ4n) is 2.17. The topological polar surface area (TPSA) is 70.0 Å². The highest BCUT2D eigenvalue weighted by molar-refractivity contribution is 7.89. The molecule has 0 aromatic heterocycles. The highest BCUT2D eigenvalue weighted by Crippen LogP contribution is 2.24. The fraction of sp³-hybridized carbons (Fsp3) is 0.462. The minimum Gasteiger partial charge on any atom is -0.211 e. The third-order valence-electron chi connectivity index (χ3n) is 3.14. The summed E-state index contributed by atoms with van der Waals surface area (Å²) in [5.74, 6) is 0. The molecule has 1 aromatic carbocycles. The molecule has 0 atom stereocenters. The van der Waals surface area contributed by atoms with Gasteiger partial charge in [-0.1, -0.05) is 6.07 Å². The van der Waals surface area contributed by atoms with Crippen molar-refractivity contribution in [3.8, 4) is 6.07 Å². The van der Waals surface area contributed by atoms with Crippen molar-refractivity contribution in [2.75, 3.05) is 6.54 Å². The first-order valence-electron chi connectivity index (χ1n) is 6.12. The van der Waals surface area contributed by atoms with Gasteiger partial charge in [0.05, 0.1) is 11.0 Å². The molecule has 4 nitrogen and oxygen atoms in total. The van der Waals surface area contributed by atoms with Crippen LogP contribution in [-0.4, -0.2) is 15.0 Å². The number of sulfonamides is 1. The lowest BCUT2D eigenvalue weighted by Gasteiger charge is -2.07. The Morgan fingerprint density at radius 3 is 2.83 bits per heavy atom. The fourth-order valence-corrected chi connectivity index (χ4v) is 3.30. The molecule has 2 rings (SSSR count). The Hall–Kier alpha value is -1.38. The van der Waals surface area contributed by atoms with E-state index in [9.17, 15) is 8.42 Å². The molecule has 0 radical (unpaired) electrons. The molecule has 18 heavy (non-hydrogen) atoms. The van der Waals surface area contributed by atoms with Crippen molar-refractivity contribution in [3.05, 3.63) is 29.3 Å². The second kappa shape index (κ2) is 5.51. The largest absolute Gasteiger partial charge is 0.240 e. The second-order valence-electron chi connectivity index (χ2n) is 4.44. The van der Waals surface area contributed by atoms with Crippen LogP contribution in [0.2, 0.25) is 0 Å². The lowest BCUT2D eigenvalue weighted by molar-refractivity contribution is 0.579. The van der Waals surface area contributed by atoms with E-state index in [0.29, 0.717) is 24.3 Å². The smallest absolute Gasteiger partial charge is 0.211 e. The number of nitriles is 1. The van der Waals surface area contributed by atoms with Gasteiger partial charge in [-0.05, 0) is 48.9 Å². The van der Waals surface area contributed by atoms with Crippen LogP contribution in [-0.2, 0) is 22.9 Å². The van der Waals surface area contributed by atoms with E-state index < -0.39 is 10.0 Å². The number of nitrogens with zero attached hydrogens (tertiary/aromatic N) is 1. The molecule has 0 amide bonds. The monoisotopic (exact) mass is 264 g/mol. The minimum absolute atomic E-state index is 0.312. The number of fused-ring (bicyclic) bond motifs is 1. The molecule has 0 saturated heterocycles. The van der Waals surface area contributed by atoms with Crippen LogP contribution in [0, 0.1) is 11.3 Å². The van der Waals surface area contributed by atoms with Gasteiger partial charge in [-0.15, -0.1) is 0 Å². The zero-order valence-corrected chi connectivity index (χ0v) is 11.0. The van der Waals surface area contributed by atoms with Crippen molar-refractivity contribution in [1.29, 1.82) is 5.26 Å². The van der Waals surface area contributed by atoms with E-state index in [1.165, 1.54) is 5.56 Å². The molecule has 96 valence electrons. The maximum atomic E-state index is 12.0. The quantitative estimate of drug-likeness (QED) is 0.824. The molecule has 0 heterocycles. The van der Waals surface area contributed by atoms with Gasteiger partial charge in [0.25, 0.3) is 0 Å². The van der Waals surface area contributed by atoms with Gasteiger partial charge < -0.3 is 0 Å². The molecular formula is C13H16N2O2S. The summed E-state index contributed by atoms with van der Waals surface area (Å²) in [5.41, 5.74) is 2.41. The molecule has 1 aliphatic rings. The first kappa shape index (κ1) is 13.1. The average Bonchev–Trinajstić information content (AvgIpc) is 2.82. The number of unbranched alkanes of at least 4 members (excludes halogenated alkanes) is 1. The van der Waals surface area contributed by atoms with Crippen molar-refractivity contribution in [2.45, 2.75) is 37.0 Å². The number of benzene rings is 1. The van der Waals surface area contributed by atoms with Crippen LogP contribution in [0.5, 0.6) is 0 Å². The van der Waals surface area contributed by atoms with Crippen molar-refractivity contribution >= 4 is 10.0 Å². The van der Waals surface area contributed by atoms with Crippen LogP contribution in [0.4, 0.5) is 0 Å². The molecule has 1 N–H and O–H groups in total. The number of aryl methyl sites for hydroxylation is 2. The number of rotatable bonds is 5. The van der Waals surface area contributed by atoms with Gasteiger partial charge in [0, 0.05) is 13.0 Å². The van der Waals surface area contributed by atoms with Crippen LogP contribution in [0.1, 0.15) is 30.4 Å². The summed E-state index contributed by atoms with van der Waals surface area (Å²) in [5, 5.41) is 8.39. The van der Waals surface area contributed by atoms with E-state index in [4.69, 9.17) is 5.26 Å². The Kier molecular flexibility index (Phi) is 4.00. The Bertz CT molecular complexity index is 573. The van der Waals surface area contributed by atoms with Crippen LogP contribution in [0.15, 0.2) is 23.1 Å².